The van der Waals surface area contributed by atoms with Crippen LogP contribution in [0.5, 0.6) is 0 Å². The molecular weight excluding hydrogens is 327 g/mol. The third kappa shape index (κ3) is 4.22. The van der Waals surface area contributed by atoms with Gasteiger partial charge in [0.05, 0.1) is 5.56 Å². The highest BCUT2D eigenvalue weighted by molar-refractivity contribution is 5.30. The number of rotatable bonds is 5. The lowest BCUT2D eigenvalue weighted by atomic mass is 9.74. The summed E-state index contributed by atoms with van der Waals surface area (Å²) in [5, 5.41) is 3.27. The Labute approximate surface area is 146 Å². The smallest absolute Gasteiger partial charge is 0.381 e. The summed E-state index contributed by atoms with van der Waals surface area (Å²) in [6, 6.07) is 15.9. The van der Waals surface area contributed by atoms with Crippen LogP contribution in [0.4, 0.5) is 13.2 Å². The average molecular weight is 349 g/mol. The third-order valence-corrected chi connectivity index (χ3v) is 4.94. The molecule has 1 saturated heterocycles. The molecule has 1 fully saturated rings. The number of hydrogen-bond donors (Lipinski definition) is 1. The van der Waals surface area contributed by atoms with E-state index in [1.54, 1.807) is 6.07 Å². The van der Waals surface area contributed by atoms with Gasteiger partial charge in [0.15, 0.2) is 0 Å². The van der Waals surface area contributed by atoms with Gasteiger partial charge in [0.25, 0.3) is 0 Å². The summed E-state index contributed by atoms with van der Waals surface area (Å²) < 4.78 is 44.9. The molecule has 1 heterocycles. The van der Waals surface area contributed by atoms with Gasteiger partial charge in [-0.2, -0.15) is 13.2 Å². The maximum Gasteiger partial charge on any atom is 0.416 e. The van der Waals surface area contributed by atoms with E-state index in [9.17, 15) is 13.2 Å². The Morgan fingerprint density at radius 2 is 1.56 bits per heavy atom. The van der Waals surface area contributed by atoms with Crippen LogP contribution in [0.1, 0.15) is 29.5 Å². The van der Waals surface area contributed by atoms with Crippen LogP contribution in [0.2, 0.25) is 0 Å². The Bertz CT molecular complexity index is 679. The lowest BCUT2D eigenvalue weighted by Gasteiger charge is -2.38. The maximum atomic E-state index is 13.1. The van der Waals surface area contributed by atoms with E-state index in [2.05, 4.69) is 17.4 Å². The topological polar surface area (TPSA) is 21.3 Å². The molecule has 25 heavy (non-hydrogen) atoms. The van der Waals surface area contributed by atoms with Crippen molar-refractivity contribution in [3.05, 3.63) is 71.3 Å². The van der Waals surface area contributed by atoms with Crippen molar-refractivity contribution in [1.29, 1.82) is 0 Å². The quantitative estimate of drug-likeness (QED) is 0.855. The van der Waals surface area contributed by atoms with E-state index in [1.165, 1.54) is 17.7 Å². The average Bonchev–Trinajstić information content (AvgIpc) is 2.63. The van der Waals surface area contributed by atoms with E-state index in [1.807, 2.05) is 18.2 Å². The summed E-state index contributed by atoms with van der Waals surface area (Å²) in [7, 11) is 0. The van der Waals surface area contributed by atoms with Crippen molar-refractivity contribution in [2.75, 3.05) is 19.8 Å². The van der Waals surface area contributed by atoms with Gasteiger partial charge in [-0.25, -0.2) is 0 Å². The van der Waals surface area contributed by atoms with E-state index in [-0.39, 0.29) is 17.5 Å². The van der Waals surface area contributed by atoms with Crippen LogP contribution in [0.15, 0.2) is 54.6 Å². The van der Waals surface area contributed by atoms with Gasteiger partial charge in [0.2, 0.25) is 0 Å². The summed E-state index contributed by atoms with van der Waals surface area (Å²) in [5.74, 6) is 0. The minimum atomic E-state index is -4.33. The molecule has 1 aliphatic rings. The fourth-order valence-electron chi connectivity index (χ4n) is 3.51. The van der Waals surface area contributed by atoms with Gasteiger partial charge in [-0.1, -0.05) is 48.5 Å². The molecule has 0 bridgehead atoms. The first-order chi connectivity index (χ1) is 12.0. The van der Waals surface area contributed by atoms with Crippen LogP contribution in [0, 0.1) is 0 Å². The van der Waals surface area contributed by atoms with Crippen molar-refractivity contribution in [2.45, 2.75) is 31.0 Å². The lowest BCUT2D eigenvalue weighted by molar-refractivity contribution is -0.138. The highest BCUT2D eigenvalue weighted by Crippen LogP contribution is 2.35. The number of hydrogen-bond acceptors (Lipinski definition) is 2. The zero-order valence-corrected chi connectivity index (χ0v) is 14.0. The number of ether oxygens (including phenoxy) is 1. The molecule has 0 aromatic heterocycles. The van der Waals surface area contributed by atoms with Crippen LogP contribution in [-0.2, 0) is 22.9 Å². The molecule has 2 nitrogen and oxygen atoms in total. The van der Waals surface area contributed by atoms with Gasteiger partial charge in [-0.15, -0.1) is 0 Å². The van der Waals surface area contributed by atoms with Gasteiger partial charge < -0.3 is 10.1 Å². The molecular formula is C20H22F3NO. The molecule has 0 amide bonds. The Morgan fingerprint density at radius 3 is 2.24 bits per heavy atom. The summed E-state index contributed by atoms with van der Waals surface area (Å²) in [5.41, 5.74) is 0.843. The van der Waals surface area contributed by atoms with Crippen molar-refractivity contribution < 1.29 is 17.9 Å². The second-order valence-corrected chi connectivity index (χ2v) is 6.52. The third-order valence-electron chi connectivity index (χ3n) is 4.94. The Balaban J connectivity index is 1.73. The molecule has 0 atom stereocenters. The second kappa shape index (κ2) is 7.58. The van der Waals surface area contributed by atoms with E-state index >= 15 is 0 Å². The van der Waals surface area contributed by atoms with Crippen LogP contribution < -0.4 is 5.32 Å². The molecule has 0 unspecified atom stereocenters. The molecule has 5 heteroatoms. The first kappa shape index (κ1) is 18.0. The van der Waals surface area contributed by atoms with E-state index in [0.29, 0.717) is 19.8 Å². The van der Waals surface area contributed by atoms with Gasteiger partial charge in [0, 0.05) is 31.7 Å². The summed E-state index contributed by atoms with van der Waals surface area (Å²) in [6.07, 6.45) is -2.59. The molecule has 134 valence electrons. The summed E-state index contributed by atoms with van der Waals surface area (Å²) >= 11 is 0. The molecule has 1 N–H and O–H groups in total. The van der Waals surface area contributed by atoms with Crippen molar-refractivity contribution in [1.82, 2.24) is 5.32 Å². The van der Waals surface area contributed by atoms with Gasteiger partial charge >= 0.3 is 6.18 Å². The van der Waals surface area contributed by atoms with Crippen molar-refractivity contribution in [3.8, 4) is 0 Å². The molecule has 0 spiro atoms. The van der Waals surface area contributed by atoms with E-state index < -0.39 is 11.7 Å². The minimum absolute atomic E-state index is 0.0906. The minimum Gasteiger partial charge on any atom is -0.381 e. The Morgan fingerprint density at radius 1 is 0.920 bits per heavy atom. The second-order valence-electron chi connectivity index (χ2n) is 6.52. The predicted octanol–water partition coefficient (Wildman–Crippen LogP) is 4.54. The van der Waals surface area contributed by atoms with Crippen LogP contribution >= 0.6 is 0 Å². The number of nitrogens with one attached hydrogen (secondary N) is 1. The lowest BCUT2D eigenvalue weighted by Crippen LogP contribution is -2.42. The molecule has 3 rings (SSSR count). The largest absolute Gasteiger partial charge is 0.416 e. The van der Waals surface area contributed by atoms with Crippen LogP contribution in [-0.4, -0.2) is 19.8 Å². The molecule has 0 radical (unpaired) electrons. The molecule has 1 aliphatic heterocycles. The number of benzene rings is 2. The summed E-state index contributed by atoms with van der Waals surface area (Å²) in [4.78, 5) is 0. The zero-order chi connectivity index (χ0) is 17.8. The fraction of sp³-hybridized carbons (Fsp3) is 0.400. The van der Waals surface area contributed by atoms with E-state index in [0.717, 1.165) is 18.9 Å². The summed E-state index contributed by atoms with van der Waals surface area (Å²) in [6.45, 7) is 2.18. The Hall–Kier alpha value is -1.85. The molecule has 2 aromatic rings. The van der Waals surface area contributed by atoms with Crippen LogP contribution in [0.25, 0.3) is 0 Å². The molecule has 0 saturated carbocycles. The normalized spacial score (nSPS) is 17.4. The fourth-order valence-corrected chi connectivity index (χ4v) is 3.51. The van der Waals surface area contributed by atoms with Gasteiger partial charge in [-0.05, 0) is 30.0 Å². The maximum absolute atomic E-state index is 13.1. The SMILES string of the molecule is FC(F)(F)c1ccccc1CNCC1(c2ccccc2)CCOCC1. The first-order valence-electron chi connectivity index (χ1n) is 8.50. The first-order valence-corrected chi connectivity index (χ1v) is 8.50. The van der Waals surface area contributed by atoms with Crippen molar-refractivity contribution in [3.63, 3.8) is 0 Å². The van der Waals surface area contributed by atoms with E-state index in [4.69, 9.17) is 4.74 Å². The molecule has 0 aliphatic carbocycles. The predicted molar refractivity (Wildman–Crippen MR) is 91.3 cm³/mol. The van der Waals surface area contributed by atoms with Crippen molar-refractivity contribution >= 4 is 0 Å². The molecule has 2 aromatic carbocycles. The number of alkyl halides is 3. The van der Waals surface area contributed by atoms with Gasteiger partial charge in [-0.3, -0.25) is 0 Å². The highest BCUT2D eigenvalue weighted by Gasteiger charge is 2.35. The monoisotopic (exact) mass is 349 g/mol. The van der Waals surface area contributed by atoms with Crippen LogP contribution in [0.3, 0.4) is 0 Å². The standard InChI is InChI=1S/C20H22F3NO/c21-20(22,23)18-9-5-4-6-16(18)14-24-15-19(10-12-25-13-11-19)17-7-2-1-3-8-17/h1-9,24H,10-15H2. The van der Waals surface area contributed by atoms with Gasteiger partial charge in [0.1, 0.15) is 0 Å². The zero-order valence-electron chi connectivity index (χ0n) is 14.0. The Kier molecular flexibility index (Phi) is 5.45. The van der Waals surface area contributed by atoms with Crippen molar-refractivity contribution in [2.24, 2.45) is 0 Å². The number of halogens is 3. The highest BCUT2D eigenvalue weighted by atomic mass is 19.4.